The zero-order chi connectivity index (χ0) is 11.0. The number of thiophene rings is 1. The molecule has 1 N–H and O–H groups in total. The van der Waals surface area contributed by atoms with Crippen LogP contribution in [0.5, 0.6) is 0 Å². The first-order valence-electron chi connectivity index (χ1n) is 4.75. The zero-order valence-corrected chi connectivity index (χ0v) is 9.39. The molecule has 0 aliphatic rings. The normalized spacial score (nSPS) is 10.8. The van der Waals surface area contributed by atoms with Crippen molar-refractivity contribution in [2.24, 2.45) is 0 Å². The number of hydrogen-bond acceptors (Lipinski definition) is 3. The van der Waals surface area contributed by atoms with Crippen molar-refractivity contribution in [3.05, 3.63) is 28.3 Å². The van der Waals surface area contributed by atoms with E-state index in [1.807, 2.05) is 13.0 Å². The molecule has 3 nitrogen and oxygen atoms in total. The topological polar surface area (TPSA) is 50.2 Å². The van der Waals surface area contributed by atoms with Crippen LogP contribution in [0.15, 0.2) is 12.1 Å². The highest BCUT2D eigenvalue weighted by atomic mass is 32.1. The van der Waals surface area contributed by atoms with Crippen molar-refractivity contribution in [1.29, 1.82) is 0 Å². The lowest BCUT2D eigenvalue weighted by Crippen LogP contribution is -1.98. The van der Waals surface area contributed by atoms with E-state index >= 15 is 0 Å². The van der Waals surface area contributed by atoms with Gasteiger partial charge in [-0.1, -0.05) is 6.92 Å². The second-order valence-electron chi connectivity index (χ2n) is 3.40. The Morgan fingerprint density at radius 1 is 1.53 bits per heavy atom. The monoisotopic (exact) mass is 221 g/mol. The summed E-state index contributed by atoms with van der Waals surface area (Å²) < 4.78 is 0. The van der Waals surface area contributed by atoms with Crippen molar-refractivity contribution in [3.63, 3.8) is 0 Å². The van der Waals surface area contributed by atoms with Gasteiger partial charge in [0.25, 0.3) is 0 Å². The van der Waals surface area contributed by atoms with Crippen LogP contribution in [0.2, 0.25) is 0 Å². The van der Waals surface area contributed by atoms with Gasteiger partial charge < -0.3 is 5.11 Å². The minimum atomic E-state index is -0.883. The van der Waals surface area contributed by atoms with Crippen LogP contribution < -0.4 is 0 Å². The third-order valence-electron chi connectivity index (χ3n) is 2.26. The largest absolute Gasteiger partial charge is 0.478 e. The van der Waals surface area contributed by atoms with E-state index in [-0.39, 0.29) is 0 Å². The summed E-state index contributed by atoms with van der Waals surface area (Å²) in [5.74, 6) is -0.883. The van der Waals surface area contributed by atoms with Crippen LogP contribution in [-0.2, 0) is 6.42 Å². The van der Waals surface area contributed by atoms with Gasteiger partial charge in [0.05, 0.1) is 5.56 Å². The minimum absolute atomic E-state index is 0.355. The Morgan fingerprint density at radius 3 is 2.87 bits per heavy atom. The van der Waals surface area contributed by atoms with Gasteiger partial charge in [0.2, 0.25) is 0 Å². The number of nitrogens with zero attached hydrogens (tertiary/aromatic N) is 1. The van der Waals surface area contributed by atoms with E-state index < -0.39 is 5.97 Å². The van der Waals surface area contributed by atoms with Crippen molar-refractivity contribution >= 4 is 27.5 Å². The third-order valence-corrected chi connectivity index (χ3v) is 3.44. The maximum Gasteiger partial charge on any atom is 0.336 e. The number of carboxylic acids is 1. The second-order valence-corrected chi connectivity index (χ2v) is 4.52. The molecule has 0 saturated carbocycles. The van der Waals surface area contributed by atoms with Gasteiger partial charge in [-0.3, -0.25) is 0 Å². The molecule has 2 aromatic rings. The van der Waals surface area contributed by atoms with Gasteiger partial charge in [-0.2, -0.15) is 0 Å². The van der Waals surface area contributed by atoms with Crippen LogP contribution in [0.4, 0.5) is 0 Å². The summed E-state index contributed by atoms with van der Waals surface area (Å²) in [6.07, 6.45) is 0.916. The summed E-state index contributed by atoms with van der Waals surface area (Å²) >= 11 is 1.57. The van der Waals surface area contributed by atoms with E-state index in [0.29, 0.717) is 5.56 Å². The molecule has 0 bridgehead atoms. The number of aromatic nitrogens is 1. The summed E-state index contributed by atoms with van der Waals surface area (Å²) in [7, 11) is 0. The van der Waals surface area contributed by atoms with Gasteiger partial charge >= 0.3 is 5.97 Å². The number of carboxylic acid groups (broad SMARTS) is 1. The predicted octanol–water partition coefficient (Wildman–Crippen LogP) is 2.87. The molecule has 0 atom stereocenters. The van der Waals surface area contributed by atoms with Crippen molar-refractivity contribution in [3.8, 4) is 0 Å². The summed E-state index contributed by atoms with van der Waals surface area (Å²) in [5.41, 5.74) is 1.11. The molecular weight excluding hydrogens is 210 g/mol. The SMILES string of the molecule is CCc1cc2c(C(=O)O)cc(C)nc2s1. The van der Waals surface area contributed by atoms with Crippen LogP contribution in [0.25, 0.3) is 10.2 Å². The zero-order valence-electron chi connectivity index (χ0n) is 8.57. The second kappa shape index (κ2) is 3.62. The first-order chi connectivity index (χ1) is 7.11. The van der Waals surface area contributed by atoms with Crippen LogP contribution in [0, 0.1) is 6.92 Å². The quantitative estimate of drug-likeness (QED) is 0.848. The molecule has 4 heteroatoms. The number of fused-ring (bicyclic) bond motifs is 1. The van der Waals surface area contributed by atoms with E-state index in [4.69, 9.17) is 5.11 Å². The van der Waals surface area contributed by atoms with Gasteiger partial charge in [-0.25, -0.2) is 9.78 Å². The molecule has 0 aliphatic carbocycles. The van der Waals surface area contributed by atoms with Gasteiger partial charge in [-0.05, 0) is 25.5 Å². The number of pyridine rings is 1. The maximum absolute atomic E-state index is 11.0. The molecule has 2 heterocycles. The molecule has 2 rings (SSSR count). The summed E-state index contributed by atoms with van der Waals surface area (Å²) in [4.78, 5) is 17.4. The van der Waals surface area contributed by atoms with E-state index in [0.717, 1.165) is 22.3 Å². The highest BCUT2D eigenvalue weighted by molar-refractivity contribution is 7.18. The van der Waals surface area contributed by atoms with Crippen molar-refractivity contribution < 1.29 is 9.90 Å². The predicted molar refractivity (Wildman–Crippen MR) is 60.7 cm³/mol. The minimum Gasteiger partial charge on any atom is -0.478 e. The fourth-order valence-corrected chi connectivity index (χ4v) is 2.58. The highest BCUT2D eigenvalue weighted by Gasteiger charge is 2.12. The summed E-state index contributed by atoms with van der Waals surface area (Å²) in [6.45, 7) is 3.87. The number of aromatic carboxylic acids is 1. The molecule has 0 spiro atoms. The summed E-state index contributed by atoms with van der Waals surface area (Å²) in [6, 6.07) is 3.55. The van der Waals surface area contributed by atoms with Crippen LogP contribution in [-0.4, -0.2) is 16.1 Å². The van der Waals surface area contributed by atoms with E-state index in [9.17, 15) is 4.79 Å². The Kier molecular flexibility index (Phi) is 2.44. The first kappa shape index (κ1) is 10.1. The molecule has 2 aromatic heterocycles. The molecule has 0 saturated heterocycles. The molecule has 0 amide bonds. The molecule has 0 fully saturated rings. The summed E-state index contributed by atoms with van der Waals surface area (Å²) in [5, 5.41) is 9.83. The molecule has 0 unspecified atom stereocenters. The Balaban J connectivity index is 2.77. The standard InChI is InChI=1S/C11H11NO2S/c1-3-7-5-8-9(11(13)14)4-6(2)12-10(8)15-7/h4-5H,3H2,1-2H3,(H,13,14). The van der Waals surface area contributed by atoms with E-state index in [1.165, 1.54) is 4.88 Å². The van der Waals surface area contributed by atoms with Gasteiger partial charge in [0.1, 0.15) is 4.83 Å². The Morgan fingerprint density at radius 2 is 2.27 bits per heavy atom. The number of rotatable bonds is 2. The Bertz CT molecular complexity index is 531. The van der Waals surface area contributed by atoms with Gasteiger partial charge in [-0.15, -0.1) is 11.3 Å². The number of aryl methyl sites for hydroxylation is 2. The van der Waals surface area contributed by atoms with Crippen molar-refractivity contribution in [1.82, 2.24) is 4.98 Å². The lowest BCUT2D eigenvalue weighted by molar-refractivity contribution is 0.0699. The van der Waals surface area contributed by atoms with Crippen LogP contribution in [0.1, 0.15) is 27.9 Å². The van der Waals surface area contributed by atoms with Crippen LogP contribution in [0.3, 0.4) is 0 Å². The fraction of sp³-hybridized carbons (Fsp3) is 0.273. The molecular formula is C11H11NO2S. The molecule has 0 aliphatic heterocycles. The lowest BCUT2D eigenvalue weighted by atomic mass is 10.1. The lowest BCUT2D eigenvalue weighted by Gasteiger charge is -1.98. The Hall–Kier alpha value is -1.42. The average Bonchev–Trinajstić information content (AvgIpc) is 2.58. The molecule has 15 heavy (non-hydrogen) atoms. The van der Waals surface area contributed by atoms with Gasteiger partial charge in [0.15, 0.2) is 0 Å². The average molecular weight is 221 g/mol. The first-order valence-corrected chi connectivity index (χ1v) is 5.57. The fourth-order valence-electron chi connectivity index (χ4n) is 1.54. The molecule has 0 radical (unpaired) electrons. The molecule has 78 valence electrons. The smallest absolute Gasteiger partial charge is 0.336 e. The van der Waals surface area contributed by atoms with Crippen molar-refractivity contribution in [2.45, 2.75) is 20.3 Å². The number of hydrogen-bond donors (Lipinski definition) is 1. The maximum atomic E-state index is 11.0. The highest BCUT2D eigenvalue weighted by Crippen LogP contribution is 2.27. The van der Waals surface area contributed by atoms with Gasteiger partial charge in [0, 0.05) is 16.0 Å². The Labute approximate surface area is 91.4 Å². The van der Waals surface area contributed by atoms with E-state index in [2.05, 4.69) is 11.9 Å². The third kappa shape index (κ3) is 1.72. The number of carbonyl (C=O) groups is 1. The van der Waals surface area contributed by atoms with Crippen LogP contribution >= 0.6 is 11.3 Å². The van der Waals surface area contributed by atoms with E-state index in [1.54, 1.807) is 17.4 Å². The van der Waals surface area contributed by atoms with Crippen molar-refractivity contribution in [2.75, 3.05) is 0 Å². The molecule has 0 aromatic carbocycles.